The molecule has 15 heteroatoms. The van der Waals surface area contributed by atoms with Crippen LogP contribution in [-0.4, -0.2) is 6.71 Å². The molecule has 0 bridgehead atoms. The van der Waals surface area contributed by atoms with Crippen molar-refractivity contribution in [3.8, 4) is 11.1 Å². The van der Waals surface area contributed by atoms with Gasteiger partial charge in [0.05, 0.1) is 0 Å². The van der Waals surface area contributed by atoms with Gasteiger partial charge >= 0.3 is 43.7 Å². The van der Waals surface area contributed by atoms with Crippen molar-refractivity contribution in [2.24, 2.45) is 0 Å². The Kier molecular flexibility index (Phi) is 10.4. The van der Waals surface area contributed by atoms with E-state index in [0.29, 0.717) is 16.5 Å². The summed E-state index contributed by atoms with van der Waals surface area (Å²) in [4.78, 5) is 0. The monoisotopic (exact) mass is 744 g/mol. The zero-order valence-corrected chi connectivity index (χ0v) is 25.9. The molecule has 0 atom stereocenters. The molecule has 0 nitrogen and oxygen atoms in total. The molecule has 0 N–H and O–H groups in total. The van der Waals surface area contributed by atoms with Crippen molar-refractivity contribution in [2.75, 3.05) is 0 Å². The van der Waals surface area contributed by atoms with Gasteiger partial charge in [-0.05, 0) is 16.5 Å². The third-order valence-corrected chi connectivity index (χ3v) is 6.60. The standard InChI is InChI=1S/C28H12BF10.3ClH.Zr/c1-11-10-13-8-5-9-14(12-6-3-2-4-7-12)15(13)16(11)29(17-19(30)23(34)27(38)24(35)20(17)31)18-21(32)25(36)28(39)26(37)22(18)33;;;;/h2-10H,1H3;3*1H;/q-1;;;;+3/p-3. The summed E-state index contributed by atoms with van der Waals surface area (Å²) < 4.78 is 146. The summed E-state index contributed by atoms with van der Waals surface area (Å²) in [5.74, 6) is -24.8. The zero-order chi connectivity index (χ0) is 31.9. The van der Waals surface area contributed by atoms with Crippen LogP contribution >= 0.6 is 25.5 Å². The predicted octanol–water partition coefficient (Wildman–Crippen LogP) is 8.51. The molecule has 0 radical (unpaired) electrons. The molecule has 5 aromatic carbocycles. The number of halogens is 13. The van der Waals surface area contributed by atoms with Crippen molar-refractivity contribution in [1.82, 2.24) is 0 Å². The van der Waals surface area contributed by atoms with Crippen LogP contribution in [0.15, 0.2) is 54.6 Å². The number of rotatable bonds is 4. The van der Waals surface area contributed by atoms with E-state index in [-0.39, 0.29) is 10.9 Å². The second kappa shape index (κ2) is 13.3. The first-order chi connectivity index (χ1) is 20.2. The molecule has 0 spiro atoms. The topological polar surface area (TPSA) is 0 Å². The summed E-state index contributed by atoms with van der Waals surface area (Å²) in [5, 5.41) is 0.376. The van der Waals surface area contributed by atoms with Gasteiger partial charge in [-0.2, -0.15) is 5.46 Å². The first kappa shape index (κ1) is 33.5. The van der Waals surface area contributed by atoms with E-state index in [1.54, 1.807) is 36.4 Å². The molecule has 0 saturated heterocycles. The van der Waals surface area contributed by atoms with Gasteiger partial charge in [0.25, 0.3) is 0 Å². The predicted molar refractivity (Wildman–Crippen MR) is 144 cm³/mol. The van der Waals surface area contributed by atoms with E-state index in [1.807, 2.05) is 0 Å². The molecule has 0 heterocycles. The molecule has 223 valence electrons. The summed E-state index contributed by atoms with van der Waals surface area (Å²) in [6.07, 6.45) is 0. The van der Waals surface area contributed by atoms with Crippen molar-refractivity contribution in [1.29, 1.82) is 0 Å². The fourth-order valence-electron chi connectivity index (χ4n) is 4.91. The Morgan fingerprint density at radius 2 is 0.930 bits per heavy atom. The van der Waals surface area contributed by atoms with Crippen molar-refractivity contribution >= 4 is 59.4 Å². The Morgan fingerprint density at radius 1 is 0.535 bits per heavy atom. The van der Waals surface area contributed by atoms with Gasteiger partial charge in [-0.3, -0.25) is 0 Å². The molecule has 0 aliphatic heterocycles. The number of fused-ring (bicyclic) bond motifs is 1. The summed E-state index contributed by atoms with van der Waals surface area (Å²) in [6.45, 7) is -1.32. The quantitative estimate of drug-likeness (QED) is 0.0570. The maximum absolute atomic E-state index is 15.2. The van der Waals surface area contributed by atoms with Crippen LogP contribution in [-0.2, 0) is 18.2 Å². The molecule has 0 aliphatic carbocycles. The van der Waals surface area contributed by atoms with Crippen molar-refractivity contribution in [2.45, 2.75) is 6.92 Å². The Balaban J connectivity index is 0.000000996. The zero-order valence-electron chi connectivity index (χ0n) is 21.2. The third kappa shape index (κ3) is 6.13. The number of hydrogen-bond donors (Lipinski definition) is 0. The molecule has 0 aromatic heterocycles. The van der Waals surface area contributed by atoms with E-state index in [4.69, 9.17) is 25.5 Å². The van der Waals surface area contributed by atoms with Crippen LogP contribution in [0.1, 0.15) is 5.56 Å². The Bertz CT molecular complexity index is 1720. The van der Waals surface area contributed by atoms with Crippen LogP contribution in [0.3, 0.4) is 0 Å². The van der Waals surface area contributed by atoms with Gasteiger partial charge in [-0.1, -0.05) is 48.9 Å². The van der Waals surface area contributed by atoms with E-state index in [9.17, 15) is 26.3 Å². The fourth-order valence-corrected chi connectivity index (χ4v) is 4.91. The molecule has 5 rings (SSSR count). The Morgan fingerprint density at radius 3 is 1.35 bits per heavy atom. The summed E-state index contributed by atoms with van der Waals surface area (Å²) in [7, 11) is 15.0. The van der Waals surface area contributed by atoms with Crippen LogP contribution in [0.2, 0.25) is 0 Å². The van der Waals surface area contributed by atoms with E-state index in [1.165, 1.54) is 25.1 Å². The molecule has 0 unspecified atom stereocenters. The molecule has 0 aliphatic rings. The molecular formula is C28H12BCl3F10Zr-. The van der Waals surface area contributed by atoms with E-state index in [0.717, 1.165) is 0 Å². The van der Waals surface area contributed by atoms with Gasteiger partial charge in [-0.15, -0.1) is 34.5 Å². The molecule has 0 saturated carbocycles. The summed E-state index contributed by atoms with van der Waals surface area (Å²) in [5.41, 5.74) is -3.11. The van der Waals surface area contributed by atoms with Gasteiger partial charge in [0, 0.05) is 0 Å². The van der Waals surface area contributed by atoms with Gasteiger partial charge in [0.2, 0.25) is 0 Å². The van der Waals surface area contributed by atoms with Crippen LogP contribution in [0, 0.1) is 65.1 Å². The first-order valence-corrected chi connectivity index (χ1v) is 21.3. The van der Waals surface area contributed by atoms with Gasteiger partial charge < -0.3 is 0 Å². The second-order valence-corrected chi connectivity index (χ2v) is 20.2. The van der Waals surface area contributed by atoms with Crippen LogP contribution in [0.4, 0.5) is 43.9 Å². The van der Waals surface area contributed by atoms with Gasteiger partial charge in [-0.25, -0.2) is 43.9 Å². The average molecular weight is 747 g/mol. The SMILES string of the molecule is Cc1[cH-]c2cccc(-c3ccccc3)c2c1B(c1c(F)c(F)c(F)c(F)c1F)c1c(F)c(F)c(F)c(F)c1F.[Cl][Zr]([Cl])[Cl]. The fraction of sp³-hybridized carbons (Fsp3) is 0.0357. The minimum absolute atomic E-state index is 0.0336. The van der Waals surface area contributed by atoms with E-state index < -0.39 is 99.4 Å². The molecule has 43 heavy (non-hydrogen) atoms. The third-order valence-electron chi connectivity index (χ3n) is 6.60. The van der Waals surface area contributed by atoms with Crippen molar-refractivity contribution in [3.05, 3.63) is 118 Å². The minimum atomic E-state index is -2.64. The van der Waals surface area contributed by atoms with Crippen molar-refractivity contribution < 1.29 is 62.1 Å². The van der Waals surface area contributed by atoms with Gasteiger partial charge in [0.15, 0.2) is 64.9 Å². The van der Waals surface area contributed by atoms with Gasteiger partial charge in [0.1, 0.15) is 0 Å². The summed E-state index contributed by atoms with van der Waals surface area (Å²) >= 11 is -2.13. The number of hydrogen-bond acceptors (Lipinski definition) is 0. The Labute approximate surface area is 256 Å². The molecule has 0 amide bonds. The van der Waals surface area contributed by atoms with E-state index >= 15 is 17.6 Å². The van der Waals surface area contributed by atoms with Crippen LogP contribution < -0.4 is 16.4 Å². The van der Waals surface area contributed by atoms with Crippen LogP contribution in [0.25, 0.3) is 21.9 Å². The first-order valence-electron chi connectivity index (χ1n) is 11.8. The maximum atomic E-state index is 15.2. The van der Waals surface area contributed by atoms with E-state index in [2.05, 4.69) is 0 Å². The second-order valence-electron chi connectivity index (χ2n) is 8.99. The van der Waals surface area contributed by atoms with Crippen LogP contribution in [0.5, 0.6) is 0 Å². The molecule has 0 fully saturated rings. The summed E-state index contributed by atoms with van der Waals surface area (Å²) in [6, 6.07) is 14.2. The molecular weight excluding hydrogens is 735 g/mol. The average Bonchev–Trinajstić information content (AvgIpc) is 3.31. The Hall–Kier alpha value is -2.39. The number of aryl methyl sites for hydroxylation is 1. The number of benzene rings is 4. The normalized spacial score (nSPS) is 11.0. The van der Waals surface area contributed by atoms with Crippen molar-refractivity contribution in [3.63, 3.8) is 0 Å². The molecule has 5 aromatic rings.